The second kappa shape index (κ2) is 6.83. The molecular formula is C17H17N3O5S. The predicted octanol–water partition coefficient (Wildman–Crippen LogP) is 3.26. The first-order valence-corrected chi connectivity index (χ1v) is 8.97. The SMILES string of the molecule is Cc1csc(C2(NC(=O)c3cc(C(=O)O)cc([N+](=O)[O-])c3)CCCC2)n1. The van der Waals surface area contributed by atoms with Gasteiger partial charge in [-0.15, -0.1) is 11.3 Å². The largest absolute Gasteiger partial charge is 0.478 e. The van der Waals surface area contributed by atoms with E-state index in [1.54, 1.807) is 0 Å². The van der Waals surface area contributed by atoms with Crippen LogP contribution in [0, 0.1) is 17.0 Å². The Balaban J connectivity index is 1.96. The van der Waals surface area contributed by atoms with Crippen LogP contribution < -0.4 is 5.32 Å². The van der Waals surface area contributed by atoms with Crippen LogP contribution in [0.4, 0.5) is 5.69 Å². The van der Waals surface area contributed by atoms with Gasteiger partial charge in [0.2, 0.25) is 0 Å². The van der Waals surface area contributed by atoms with Crippen molar-refractivity contribution in [3.05, 3.63) is 55.5 Å². The minimum Gasteiger partial charge on any atom is -0.478 e. The molecule has 0 atom stereocenters. The van der Waals surface area contributed by atoms with Crippen LogP contribution >= 0.6 is 11.3 Å². The number of aromatic carboxylic acids is 1. The zero-order valence-corrected chi connectivity index (χ0v) is 14.8. The molecule has 0 aliphatic heterocycles. The molecule has 1 aromatic carbocycles. The number of hydrogen-bond acceptors (Lipinski definition) is 6. The van der Waals surface area contributed by atoms with E-state index in [1.807, 2.05) is 12.3 Å². The summed E-state index contributed by atoms with van der Waals surface area (Å²) in [7, 11) is 0. The van der Waals surface area contributed by atoms with Crippen LogP contribution in [0.3, 0.4) is 0 Å². The third-order valence-electron chi connectivity index (χ3n) is 4.48. The van der Waals surface area contributed by atoms with E-state index < -0.39 is 28.0 Å². The molecule has 3 rings (SSSR count). The average Bonchev–Trinajstić information content (AvgIpc) is 3.24. The first-order valence-electron chi connectivity index (χ1n) is 8.09. The van der Waals surface area contributed by atoms with Crippen molar-refractivity contribution in [2.24, 2.45) is 0 Å². The van der Waals surface area contributed by atoms with Gasteiger partial charge in [-0.3, -0.25) is 14.9 Å². The van der Waals surface area contributed by atoms with Gasteiger partial charge in [-0.2, -0.15) is 0 Å². The lowest BCUT2D eigenvalue weighted by atomic mass is 9.97. The Bertz CT molecular complexity index is 854. The number of benzene rings is 1. The van der Waals surface area contributed by atoms with Gasteiger partial charge in [-0.05, 0) is 25.8 Å². The lowest BCUT2D eigenvalue weighted by Gasteiger charge is -2.28. The first-order chi connectivity index (χ1) is 12.3. The Kier molecular flexibility index (Phi) is 4.73. The molecule has 1 aliphatic carbocycles. The monoisotopic (exact) mass is 375 g/mol. The fourth-order valence-electron chi connectivity index (χ4n) is 3.21. The van der Waals surface area contributed by atoms with Gasteiger partial charge in [0.05, 0.1) is 16.0 Å². The predicted molar refractivity (Wildman–Crippen MR) is 94.5 cm³/mol. The van der Waals surface area contributed by atoms with E-state index in [4.69, 9.17) is 5.11 Å². The Labute approximate surface area is 153 Å². The number of carbonyl (C=O) groups is 2. The van der Waals surface area contributed by atoms with Crippen LogP contribution in [0.25, 0.3) is 0 Å². The molecule has 0 bridgehead atoms. The van der Waals surface area contributed by atoms with Crippen molar-refractivity contribution in [1.29, 1.82) is 0 Å². The van der Waals surface area contributed by atoms with Crippen molar-refractivity contribution in [2.75, 3.05) is 0 Å². The highest BCUT2D eigenvalue weighted by molar-refractivity contribution is 7.09. The molecule has 8 nitrogen and oxygen atoms in total. The number of carboxylic acid groups (broad SMARTS) is 1. The van der Waals surface area contributed by atoms with Gasteiger partial charge in [0.25, 0.3) is 11.6 Å². The number of nitro benzene ring substituents is 1. The molecule has 0 unspecified atom stereocenters. The van der Waals surface area contributed by atoms with Gasteiger partial charge in [-0.1, -0.05) is 12.8 Å². The van der Waals surface area contributed by atoms with E-state index in [9.17, 15) is 19.7 Å². The van der Waals surface area contributed by atoms with Crippen molar-refractivity contribution in [3.63, 3.8) is 0 Å². The van der Waals surface area contributed by atoms with Crippen LogP contribution in [0.1, 0.15) is 57.1 Å². The second-order valence-corrected chi connectivity index (χ2v) is 7.23. The number of thiazole rings is 1. The van der Waals surface area contributed by atoms with Gasteiger partial charge >= 0.3 is 5.97 Å². The Morgan fingerprint density at radius 1 is 1.27 bits per heavy atom. The van der Waals surface area contributed by atoms with Gasteiger partial charge in [0, 0.05) is 28.8 Å². The molecule has 1 aliphatic rings. The third-order valence-corrected chi connectivity index (χ3v) is 5.64. The number of aryl methyl sites for hydroxylation is 1. The maximum absolute atomic E-state index is 12.8. The summed E-state index contributed by atoms with van der Waals surface area (Å²) < 4.78 is 0. The average molecular weight is 375 g/mol. The number of nitrogens with one attached hydrogen (secondary N) is 1. The number of aromatic nitrogens is 1. The molecule has 2 aromatic rings. The minimum atomic E-state index is -1.33. The van der Waals surface area contributed by atoms with Gasteiger partial charge in [-0.25, -0.2) is 9.78 Å². The van der Waals surface area contributed by atoms with Gasteiger partial charge in [0.1, 0.15) is 5.01 Å². The summed E-state index contributed by atoms with van der Waals surface area (Å²) in [6.07, 6.45) is 3.33. The van der Waals surface area contributed by atoms with E-state index in [0.29, 0.717) is 0 Å². The molecule has 2 N–H and O–H groups in total. The highest BCUT2D eigenvalue weighted by Crippen LogP contribution is 2.40. The molecule has 1 amide bonds. The van der Waals surface area contributed by atoms with Crippen molar-refractivity contribution >= 4 is 28.9 Å². The number of hydrogen-bond donors (Lipinski definition) is 2. The van der Waals surface area contributed by atoms with Crippen molar-refractivity contribution in [3.8, 4) is 0 Å². The molecule has 0 saturated heterocycles. The lowest BCUT2D eigenvalue weighted by molar-refractivity contribution is -0.384. The second-order valence-electron chi connectivity index (χ2n) is 6.37. The van der Waals surface area contributed by atoms with Crippen LogP contribution in [0.5, 0.6) is 0 Å². The summed E-state index contributed by atoms with van der Waals surface area (Å²) in [5.74, 6) is -1.86. The van der Waals surface area contributed by atoms with E-state index in [-0.39, 0.29) is 11.1 Å². The number of rotatable bonds is 5. The highest BCUT2D eigenvalue weighted by Gasteiger charge is 2.40. The van der Waals surface area contributed by atoms with Crippen LogP contribution in [-0.4, -0.2) is 26.9 Å². The van der Waals surface area contributed by atoms with Crippen LogP contribution in [-0.2, 0) is 5.54 Å². The van der Waals surface area contributed by atoms with Crippen molar-refractivity contribution < 1.29 is 19.6 Å². The van der Waals surface area contributed by atoms with Crippen LogP contribution in [0.15, 0.2) is 23.6 Å². The number of carbonyl (C=O) groups excluding carboxylic acids is 1. The molecule has 1 saturated carbocycles. The van der Waals surface area contributed by atoms with Crippen molar-refractivity contribution in [2.45, 2.75) is 38.1 Å². The summed E-state index contributed by atoms with van der Waals surface area (Å²) in [6, 6.07) is 3.19. The zero-order valence-electron chi connectivity index (χ0n) is 14.0. The molecule has 1 heterocycles. The van der Waals surface area contributed by atoms with Crippen LogP contribution in [0.2, 0.25) is 0 Å². The highest BCUT2D eigenvalue weighted by atomic mass is 32.1. The molecule has 1 fully saturated rings. The fourth-order valence-corrected chi connectivity index (χ4v) is 4.22. The summed E-state index contributed by atoms with van der Waals surface area (Å²) in [5.41, 5.74) is -0.509. The topological polar surface area (TPSA) is 122 Å². The summed E-state index contributed by atoms with van der Waals surface area (Å²) in [4.78, 5) is 38.9. The number of nitrogens with zero attached hydrogens (tertiary/aromatic N) is 2. The fraction of sp³-hybridized carbons (Fsp3) is 0.353. The molecule has 9 heteroatoms. The molecule has 136 valence electrons. The third kappa shape index (κ3) is 3.43. The first kappa shape index (κ1) is 18.0. The smallest absolute Gasteiger partial charge is 0.335 e. The van der Waals surface area contributed by atoms with Crippen molar-refractivity contribution in [1.82, 2.24) is 10.3 Å². The summed E-state index contributed by atoms with van der Waals surface area (Å²) >= 11 is 1.47. The standard InChI is InChI=1S/C17H17N3O5S/c1-10-9-26-16(18-10)17(4-2-3-5-17)19-14(21)11-6-12(15(22)23)8-13(7-11)20(24)25/h6-9H,2-5H2,1H3,(H,19,21)(H,22,23). The molecule has 0 radical (unpaired) electrons. The maximum Gasteiger partial charge on any atom is 0.335 e. The normalized spacial score (nSPS) is 15.6. The number of non-ortho nitro benzene ring substituents is 1. The number of nitro groups is 1. The Hall–Kier alpha value is -2.81. The van der Waals surface area contributed by atoms with E-state index in [2.05, 4.69) is 10.3 Å². The van der Waals surface area contributed by atoms with Gasteiger partial charge < -0.3 is 10.4 Å². The summed E-state index contributed by atoms with van der Waals surface area (Å²) in [5, 5.41) is 25.9. The molecule has 1 aromatic heterocycles. The molecular weight excluding hydrogens is 358 g/mol. The lowest BCUT2D eigenvalue weighted by Crippen LogP contribution is -2.43. The van der Waals surface area contributed by atoms with E-state index in [1.165, 1.54) is 11.3 Å². The Morgan fingerprint density at radius 2 is 1.92 bits per heavy atom. The number of carboxylic acids is 1. The Morgan fingerprint density at radius 3 is 2.46 bits per heavy atom. The maximum atomic E-state index is 12.8. The molecule has 26 heavy (non-hydrogen) atoms. The van der Waals surface area contributed by atoms with E-state index in [0.717, 1.165) is 54.6 Å². The minimum absolute atomic E-state index is 0.0452. The van der Waals surface area contributed by atoms with Gasteiger partial charge in [0.15, 0.2) is 0 Å². The molecule has 0 spiro atoms. The summed E-state index contributed by atoms with van der Waals surface area (Å²) in [6.45, 7) is 1.88. The van der Waals surface area contributed by atoms with E-state index >= 15 is 0 Å². The zero-order chi connectivity index (χ0) is 18.9. The quantitative estimate of drug-likeness (QED) is 0.611. The number of amides is 1.